The molecule has 2 aromatic heterocycles. The first-order valence-electron chi connectivity index (χ1n) is 16.6. The lowest BCUT2D eigenvalue weighted by Crippen LogP contribution is -2.34. The van der Waals surface area contributed by atoms with E-state index < -0.39 is 22.0 Å². The molecule has 0 bridgehead atoms. The van der Waals surface area contributed by atoms with E-state index in [9.17, 15) is 13.5 Å². The molecule has 0 saturated heterocycles. The maximum Gasteiger partial charge on any atom is 0.145 e. The SMILES string of the molecule is C.C.CC(=N[S@](=O)C(C)(C)C)c1ccc2cnc(Cl)cc2c1.C[C@@H](N[S@](=O)C(C)(C)C)c1ccc2cnc(Cl)cc2c1.N[C@H]1c2ccccc2C[C@H]1O. The first-order chi connectivity index (χ1) is 23.8. The van der Waals surface area contributed by atoms with Crippen LogP contribution in [0.5, 0.6) is 0 Å². The fourth-order valence-corrected chi connectivity index (χ4v) is 6.84. The molecule has 1 aliphatic rings. The Bertz CT molecular complexity index is 2080. The van der Waals surface area contributed by atoms with Crippen LogP contribution in [0, 0.1) is 0 Å². The molecule has 288 valence electrons. The number of benzene rings is 3. The highest BCUT2D eigenvalue weighted by Crippen LogP contribution is 2.29. The van der Waals surface area contributed by atoms with Crippen LogP contribution in [0.1, 0.15) is 105 Å². The molecule has 3 aromatic carbocycles. The summed E-state index contributed by atoms with van der Waals surface area (Å²) in [7, 11) is -2.35. The fourth-order valence-electron chi connectivity index (χ4n) is 5.07. The summed E-state index contributed by atoms with van der Waals surface area (Å²) >= 11 is 11.8. The normalized spacial score (nSPS) is 17.2. The number of fused-ring (bicyclic) bond motifs is 3. The number of nitrogens with zero attached hydrogens (tertiary/aromatic N) is 3. The van der Waals surface area contributed by atoms with Crippen molar-refractivity contribution in [3.63, 3.8) is 0 Å². The van der Waals surface area contributed by atoms with Gasteiger partial charge in [-0.05, 0) is 113 Å². The van der Waals surface area contributed by atoms with Crippen molar-refractivity contribution in [1.29, 1.82) is 0 Å². The highest BCUT2D eigenvalue weighted by atomic mass is 35.5. The van der Waals surface area contributed by atoms with Crippen molar-refractivity contribution in [3.8, 4) is 0 Å². The molecule has 53 heavy (non-hydrogen) atoms. The van der Waals surface area contributed by atoms with Gasteiger partial charge in [-0.25, -0.2) is 23.1 Å². The average Bonchev–Trinajstić information content (AvgIpc) is 3.36. The van der Waals surface area contributed by atoms with Gasteiger partial charge in [0.2, 0.25) is 0 Å². The van der Waals surface area contributed by atoms with Crippen molar-refractivity contribution in [3.05, 3.63) is 118 Å². The van der Waals surface area contributed by atoms with Crippen molar-refractivity contribution in [2.24, 2.45) is 10.1 Å². The summed E-state index contributed by atoms with van der Waals surface area (Å²) < 4.78 is 31.0. The van der Waals surface area contributed by atoms with Gasteiger partial charge in [0.05, 0.1) is 38.3 Å². The highest BCUT2D eigenvalue weighted by molar-refractivity contribution is 7.85. The Morgan fingerprint density at radius 2 is 1.40 bits per heavy atom. The van der Waals surface area contributed by atoms with Crippen LogP contribution in [0.25, 0.3) is 21.5 Å². The highest BCUT2D eigenvalue weighted by Gasteiger charge is 2.27. The Balaban J connectivity index is 0.000000281. The molecular formula is C41H55Cl2N5O3S2. The van der Waals surface area contributed by atoms with Crippen molar-refractivity contribution in [1.82, 2.24) is 14.7 Å². The molecule has 6 rings (SSSR count). The first-order valence-corrected chi connectivity index (χ1v) is 19.6. The molecule has 0 aliphatic heterocycles. The van der Waals surface area contributed by atoms with Crippen LogP contribution in [0.4, 0.5) is 0 Å². The Kier molecular flexibility index (Phi) is 16.9. The molecule has 0 spiro atoms. The number of nitrogens with one attached hydrogen (secondary N) is 1. The summed E-state index contributed by atoms with van der Waals surface area (Å²) in [5.74, 6) is 0. The third-order valence-corrected chi connectivity index (χ3v) is 11.7. The number of aromatic nitrogens is 2. The summed E-state index contributed by atoms with van der Waals surface area (Å²) in [6.45, 7) is 15.5. The topological polar surface area (TPSA) is 131 Å². The summed E-state index contributed by atoms with van der Waals surface area (Å²) in [4.78, 5) is 8.11. The lowest BCUT2D eigenvalue weighted by atomic mass is 10.1. The lowest BCUT2D eigenvalue weighted by Gasteiger charge is -2.22. The average molecular weight is 801 g/mol. The van der Waals surface area contributed by atoms with E-state index in [-0.39, 0.29) is 42.5 Å². The van der Waals surface area contributed by atoms with Gasteiger partial charge in [-0.2, -0.15) is 4.40 Å². The molecule has 1 aliphatic carbocycles. The van der Waals surface area contributed by atoms with Crippen LogP contribution in [0.15, 0.2) is 89.6 Å². The number of hydrogen-bond acceptors (Lipinski definition) is 6. The minimum absolute atomic E-state index is 0. The molecule has 0 fully saturated rings. The molecule has 5 aromatic rings. The first kappa shape index (κ1) is 46.1. The third-order valence-electron chi connectivity index (χ3n) is 8.16. The van der Waals surface area contributed by atoms with Crippen LogP contribution in [-0.4, -0.2) is 44.8 Å². The Hall–Kier alpha value is -3.09. The van der Waals surface area contributed by atoms with Gasteiger partial charge < -0.3 is 10.8 Å². The van der Waals surface area contributed by atoms with Crippen LogP contribution in [0.2, 0.25) is 10.3 Å². The van der Waals surface area contributed by atoms with Gasteiger partial charge in [0, 0.05) is 35.6 Å². The molecule has 0 unspecified atom stereocenters. The van der Waals surface area contributed by atoms with E-state index in [1.54, 1.807) is 12.4 Å². The second-order valence-electron chi connectivity index (χ2n) is 14.4. The molecular weight excluding hydrogens is 746 g/mol. The van der Waals surface area contributed by atoms with E-state index in [1.807, 2.05) is 122 Å². The number of pyridine rings is 2. The van der Waals surface area contributed by atoms with Gasteiger partial charge in [0.25, 0.3) is 0 Å². The van der Waals surface area contributed by atoms with E-state index in [2.05, 4.69) is 25.2 Å². The van der Waals surface area contributed by atoms with Gasteiger partial charge in [-0.15, -0.1) is 0 Å². The minimum Gasteiger partial charge on any atom is -0.391 e. The third kappa shape index (κ3) is 12.7. The van der Waals surface area contributed by atoms with Crippen molar-refractivity contribution < 1.29 is 13.5 Å². The zero-order chi connectivity index (χ0) is 37.7. The number of nitrogens with two attached hydrogens (primary N) is 1. The second-order valence-corrected chi connectivity index (χ2v) is 19.1. The smallest absolute Gasteiger partial charge is 0.145 e. The maximum atomic E-state index is 12.1. The molecule has 0 amide bonds. The largest absolute Gasteiger partial charge is 0.391 e. The van der Waals surface area contributed by atoms with Gasteiger partial charge in [-0.1, -0.05) is 86.6 Å². The molecule has 5 atom stereocenters. The zero-order valence-corrected chi connectivity index (χ0v) is 33.4. The molecule has 0 radical (unpaired) electrons. The maximum absolute atomic E-state index is 12.1. The Morgan fingerprint density at radius 3 is 1.94 bits per heavy atom. The Labute approximate surface area is 331 Å². The molecule has 4 N–H and O–H groups in total. The lowest BCUT2D eigenvalue weighted by molar-refractivity contribution is 0.158. The molecule has 12 heteroatoms. The van der Waals surface area contributed by atoms with E-state index >= 15 is 0 Å². The number of aliphatic hydroxyl groups is 1. The van der Waals surface area contributed by atoms with Crippen LogP contribution < -0.4 is 10.5 Å². The van der Waals surface area contributed by atoms with Crippen molar-refractivity contribution in [2.75, 3.05) is 0 Å². The van der Waals surface area contributed by atoms with E-state index in [1.165, 1.54) is 5.56 Å². The number of rotatable bonds is 5. The van der Waals surface area contributed by atoms with Crippen LogP contribution >= 0.6 is 23.2 Å². The van der Waals surface area contributed by atoms with Gasteiger partial charge in [0.15, 0.2) is 0 Å². The molecule has 0 saturated carbocycles. The van der Waals surface area contributed by atoms with E-state index in [0.29, 0.717) is 16.7 Å². The number of aliphatic hydroxyl groups excluding tert-OH is 1. The van der Waals surface area contributed by atoms with Gasteiger partial charge in [0.1, 0.15) is 21.3 Å². The van der Waals surface area contributed by atoms with Gasteiger partial charge in [-0.3, -0.25) is 0 Å². The second kappa shape index (κ2) is 19.5. The van der Waals surface area contributed by atoms with E-state index in [0.717, 1.165) is 43.9 Å². The summed E-state index contributed by atoms with van der Waals surface area (Å²) in [5.41, 5.74) is 10.8. The van der Waals surface area contributed by atoms with E-state index in [4.69, 9.17) is 28.9 Å². The summed E-state index contributed by atoms with van der Waals surface area (Å²) in [5, 5.41) is 14.4. The monoisotopic (exact) mass is 799 g/mol. The fraction of sp³-hybridized carbons (Fsp3) is 0.390. The molecule has 8 nitrogen and oxygen atoms in total. The summed E-state index contributed by atoms with van der Waals surface area (Å²) in [6.07, 6.45) is 3.82. The number of halogens is 2. The minimum atomic E-state index is -1.26. The van der Waals surface area contributed by atoms with Crippen molar-refractivity contribution in [2.45, 2.75) is 104 Å². The van der Waals surface area contributed by atoms with Gasteiger partial charge >= 0.3 is 0 Å². The zero-order valence-electron chi connectivity index (χ0n) is 30.3. The van der Waals surface area contributed by atoms with Crippen LogP contribution in [0.3, 0.4) is 0 Å². The predicted molar refractivity (Wildman–Crippen MR) is 230 cm³/mol. The molecule has 2 heterocycles. The Morgan fingerprint density at radius 1 is 0.849 bits per heavy atom. The quantitative estimate of drug-likeness (QED) is 0.120. The standard InChI is InChI=1S/C15H19ClN2OS.C15H17ClN2OS.C9H11NO.2CH4/c2*1-10(18-20(19)15(2,3)4)11-5-6-12-9-17-14(16)8-13(12)7-11;10-9-7-4-2-1-3-6(7)5-8(9)11;;/h5-10,18H,1-4H3;5-9H,1-4H3;1-4,8-9,11H,5,10H2;2*1H4/t10-,20-;20-;8-,9+;;/m111../s1. The number of hydrogen-bond donors (Lipinski definition) is 3. The van der Waals surface area contributed by atoms with Crippen LogP contribution in [-0.2, 0) is 28.4 Å². The van der Waals surface area contributed by atoms with Crippen molar-refractivity contribution >= 4 is 72.4 Å². The predicted octanol–water partition coefficient (Wildman–Crippen LogP) is 10.0. The summed E-state index contributed by atoms with van der Waals surface area (Å²) in [6, 6.07) is 23.4.